The van der Waals surface area contributed by atoms with Gasteiger partial charge < -0.3 is 52.0 Å². The number of aromatic nitrogens is 12. The number of hydrogen-bond acceptors (Lipinski definition) is 21. The summed E-state index contributed by atoms with van der Waals surface area (Å²) in [4.78, 5) is 88.9. The van der Waals surface area contributed by atoms with Crippen LogP contribution >= 0.6 is 23.1 Å². The van der Waals surface area contributed by atoms with Gasteiger partial charge in [-0.3, -0.25) is 33.3 Å². The number of ketones is 1. The number of unbranched alkanes of at least 4 members (excludes halogenated alkanes) is 2. The molecule has 0 aliphatic heterocycles. The fourth-order valence-corrected chi connectivity index (χ4v) is 16.0. The highest BCUT2D eigenvalue weighted by Gasteiger charge is 2.28. The lowest BCUT2D eigenvalue weighted by molar-refractivity contribution is -0.120. The maximum absolute atomic E-state index is 13.1. The molecule has 2 N–H and O–H groups in total. The summed E-state index contributed by atoms with van der Waals surface area (Å²) < 4.78 is 45.7. The van der Waals surface area contributed by atoms with Gasteiger partial charge in [0.05, 0.1) is 68.7 Å². The highest BCUT2D eigenvalue weighted by Crippen LogP contribution is 2.37. The minimum absolute atomic E-state index is 0.0546. The van der Waals surface area contributed by atoms with Gasteiger partial charge in [0.2, 0.25) is 23.5 Å². The van der Waals surface area contributed by atoms with E-state index in [4.69, 9.17) is 32.5 Å². The first kappa shape index (κ1) is 85.4. The smallest absolute Gasteiger partial charge is 0.280 e. The van der Waals surface area contributed by atoms with E-state index in [1.54, 1.807) is 62.6 Å². The number of nitrogens with one attached hydrogen (secondary N) is 2. The van der Waals surface area contributed by atoms with Gasteiger partial charge in [0.25, 0.3) is 22.6 Å². The van der Waals surface area contributed by atoms with E-state index in [0.29, 0.717) is 74.2 Å². The molecule has 17 aromatic rings. The number of amides is 1. The van der Waals surface area contributed by atoms with Crippen LogP contribution in [-0.2, 0) is 44.3 Å². The van der Waals surface area contributed by atoms with Crippen LogP contribution in [-0.4, -0.2) is 106 Å². The van der Waals surface area contributed by atoms with Crippen LogP contribution < -0.4 is 45.7 Å². The molecule has 0 bridgehead atoms. The van der Waals surface area contributed by atoms with Crippen LogP contribution in [0.15, 0.2) is 264 Å². The van der Waals surface area contributed by atoms with Gasteiger partial charge in [-0.1, -0.05) is 95.1 Å². The highest BCUT2D eigenvalue weighted by molar-refractivity contribution is 7.99. The first-order valence-corrected chi connectivity index (χ1v) is 41.8. The fraction of sp³-hybridized carbons (Fsp3) is 0.229. The molecule has 1 atom stereocenters. The molecular formula is C96H93N13O12S2. The standard InChI is InChI=1S/C23H25N3O3S.C22H22N2O3.C18H14N2O3.C17H12N2O2S.C16H20N4O/c1-23(2,3)16-8-6-15(7-9-16)21(27)24-17-10-12-18(13-11-17)30-22-25-19(28-4)14-20(26-22)29-5;1-3-4-7-14-24-18-9-6-5-8-17(18)20-19(22(24)25)23-21(27-20)15-10-12-16(26-2)13-11-15;1-20-14-6-4-3-5-13(14)16-15(18(20)21)19-17(23-16)11-7-9-12(22-2)10-8-11;1-21-11-8-6-10(7-9-11)17-19-14-15(22-17)12-4-2-3-5-13(12)18-16(14)20;1-19-8-6-14(17-19)10-12-4-3-5-13(16(12)21)11-15-7-9-20(2)18-15/h6-14H,1-5H3,(H,24,27);5-6,8-13H,3-4,7,14H2,1-2H3;3-10H,1-2H3;2-9H,1H3,(H,18,20);6-10,13H,3-5,11H2,1-2H3/b;;;;12-10-. The van der Waals surface area contributed by atoms with Crippen molar-refractivity contribution in [1.29, 1.82) is 0 Å². The molecule has 27 heteroatoms. The SMILES string of the molecule is CCCCCn1c(=O)c2nc(-c3ccc(OC)cc3)oc2c2ccccc21.COc1cc(OC)nc(Sc2ccc(NC(=O)c3ccc(C(C)(C)C)cc3)cc2)n1.COc1ccc(-c2nc3c(=O)[nH]c4ccccc4c3s2)cc1.COc1ccc(-c2nc3c(=O)n(C)c4ccccc4c3o2)cc1.Cn1ccc(/C=C2/CCCC(Cc3ccn(C)n3)C2=O)n1. The normalized spacial score (nSPS) is 12.9. The molecule has 1 fully saturated rings. The Hall–Kier alpha value is -14.1. The third kappa shape index (κ3) is 20.0. The molecule has 1 aliphatic carbocycles. The predicted molar refractivity (Wildman–Crippen MR) is 485 cm³/mol. The number of rotatable bonds is 19. The quantitative estimate of drug-likeness (QED) is 0.0432. The van der Waals surface area contributed by atoms with Crippen molar-refractivity contribution < 1.29 is 42.1 Å². The number of anilines is 1. The summed E-state index contributed by atoms with van der Waals surface area (Å²) >= 11 is 2.92. The molecule has 1 unspecified atom stereocenters. The Labute approximate surface area is 717 Å². The Morgan fingerprint density at radius 1 is 0.585 bits per heavy atom. The number of hydrogen-bond donors (Lipinski definition) is 2. The van der Waals surface area contributed by atoms with Gasteiger partial charge in [-0.2, -0.15) is 20.2 Å². The van der Waals surface area contributed by atoms with Gasteiger partial charge >= 0.3 is 0 Å². The van der Waals surface area contributed by atoms with E-state index < -0.39 is 0 Å². The number of thiazole rings is 1. The fourth-order valence-electron chi connectivity index (χ4n) is 14.2. The minimum Gasteiger partial charge on any atom is -0.497 e. The number of H-pyrrole nitrogens is 1. The van der Waals surface area contributed by atoms with Crippen LogP contribution in [0, 0.1) is 5.92 Å². The predicted octanol–water partition coefficient (Wildman–Crippen LogP) is 19.5. The zero-order chi connectivity index (χ0) is 86.4. The lowest BCUT2D eigenvalue weighted by Crippen LogP contribution is -2.23. The molecule has 18 rings (SSSR count). The first-order chi connectivity index (χ1) is 59.6. The summed E-state index contributed by atoms with van der Waals surface area (Å²) in [6.45, 7) is 9.29. The van der Waals surface area contributed by atoms with E-state index in [1.807, 2.05) is 243 Å². The molecule has 1 saturated carbocycles. The molecule has 9 aromatic heterocycles. The van der Waals surface area contributed by atoms with Crippen molar-refractivity contribution in [2.24, 2.45) is 27.1 Å². The lowest BCUT2D eigenvalue weighted by atomic mass is 9.81. The highest BCUT2D eigenvalue weighted by atomic mass is 32.2. The van der Waals surface area contributed by atoms with Gasteiger partial charge in [-0.25, -0.2) is 15.0 Å². The number of oxazole rings is 2. The number of carbonyl (C=O) groups excluding carboxylic acids is 2. The number of aromatic amines is 1. The molecule has 25 nitrogen and oxygen atoms in total. The summed E-state index contributed by atoms with van der Waals surface area (Å²) in [6, 6.07) is 66.6. The zero-order valence-electron chi connectivity index (χ0n) is 70.3. The molecular weight excluding hydrogens is 1590 g/mol. The molecule has 1 aliphatic rings. The molecule has 123 heavy (non-hydrogen) atoms. The van der Waals surface area contributed by atoms with Crippen LogP contribution in [0.25, 0.3) is 105 Å². The monoisotopic (exact) mass is 1680 g/mol. The molecule has 0 saturated heterocycles. The number of allylic oxidation sites excluding steroid dienone is 1. The largest absolute Gasteiger partial charge is 0.497 e. The topological polar surface area (TPSA) is 296 Å². The van der Waals surface area contributed by atoms with Crippen LogP contribution in [0.4, 0.5) is 5.69 Å². The number of Topliss-reactive ketones (excluding diaryl/α,β-unsaturated/α-hetero) is 1. The lowest BCUT2D eigenvalue weighted by Gasteiger charge is -2.22. The first-order valence-electron chi connectivity index (χ1n) is 40.1. The number of aryl methyl sites for hydroxylation is 4. The van der Waals surface area contributed by atoms with E-state index in [9.17, 15) is 24.0 Å². The van der Waals surface area contributed by atoms with E-state index >= 15 is 0 Å². The second kappa shape index (κ2) is 38.6. The maximum atomic E-state index is 13.1. The second-order valence-electron chi connectivity index (χ2n) is 30.2. The van der Waals surface area contributed by atoms with E-state index in [1.165, 1.54) is 28.7 Å². The van der Waals surface area contributed by atoms with Gasteiger partial charge in [-0.05, 0) is 212 Å². The van der Waals surface area contributed by atoms with Crippen LogP contribution in [0.3, 0.4) is 0 Å². The Morgan fingerprint density at radius 2 is 1.14 bits per heavy atom. The number of pyridine rings is 3. The number of methoxy groups -OCH3 is 5. The molecule has 1 amide bonds. The van der Waals surface area contributed by atoms with E-state index in [2.05, 4.69) is 73.1 Å². The Morgan fingerprint density at radius 3 is 1.70 bits per heavy atom. The van der Waals surface area contributed by atoms with Gasteiger partial charge in [0, 0.05) is 107 Å². The van der Waals surface area contributed by atoms with Crippen molar-refractivity contribution in [2.75, 3.05) is 40.9 Å². The third-order valence-electron chi connectivity index (χ3n) is 20.8. The van der Waals surface area contributed by atoms with Crippen molar-refractivity contribution in [3.63, 3.8) is 0 Å². The number of benzene rings is 8. The van der Waals surface area contributed by atoms with Crippen LogP contribution in [0.5, 0.6) is 29.0 Å². The maximum Gasteiger partial charge on any atom is 0.280 e. The Balaban J connectivity index is 0.000000126. The Kier molecular flexibility index (Phi) is 26.8. The molecule has 9 heterocycles. The third-order valence-corrected chi connectivity index (χ3v) is 22.8. The van der Waals surface area contributed by atoms with Crippen molar-refractivity contribution in [2.45, 2.75) is 94.7 Å². The molecule has 626 valence electrons. The van der Waals surface area contributed by atoms with Crippen molar-refractivity contribution >= 4 is 112 Å². The van der Waals surface area contributed by atoms with Crippen molar-refractivity contribution in [3.05, 3.63) is 284 Å². The average Bonchev–Trinajstić information content (AvgIpc) is 1.69. The summed E-state index contributed by atoms with van der Waals surface area (Å²) in [5.74, 6) is 4.24. The summed E-state index contributed by atoms with van der Waals surface area (Å²) in [7, 11) is 13.5. The number of fused-ring (bicyclic) bond motifs is 9. The number of ether oxygens (including phenoxy) is 5. The second-order valence-corrected chi connectivity index (χ2v) is 32.2. The average molecular weight is 1690 g/mol. The van der Waals surface area contributed by atoms with Gasteiger partial charge in [-0.15, -0.1) is 11.3 Å². The number of carbonyl (C=O) groups is 2. The molecule has 0 spiro atoms. The van der Waals surface area contributed by atoms with Crippen molar-refractivity contribution in [3.8, 4) is 62.5 Å². The number of nitrogens with zero attached hydrogens (tertiary/aromatic N) is 11. The zero-order valence-corrected chi connectivity index (χ0v) is 71.9. The summed E-state index contributed by atoms with van der Waals surface area (Å²) in [6.07, 6.45) is 12.5. The van der Waals surface area contributed by atoms with Crippen LogP contribution in [0.1, 0.15) is 93.5 Å². The minimum atomic E-state index is -0.165. The van der Waals surface area contributed by atoms with Crippen LogP contribution in [0.2, 0.25) is 0 Å². The van der Waals surface area contributed by atoms with E-state index in [0.717, 1.165) is 143 Å². The van der Waals surface area contributed by atoms with Gasteiger partial charge in [0.1, 0.15) is 27.8 Å². The van der Waals surface area contributed by atoms with Crippen molar-refractivity contribution in [1.82, 2.24) is 58.6 Å². The molecule has 0 radical (unpaired) electrons. The number of para-hydroxylation sites is 3. The Bertz CT molecular complexity index is 6820. The van der Waals surface area contributed by atoms with Gasteiger partial charge in [0.15, 0.2) is 33.1 Å². The summed E-state index contributed by atoms with van der Waals surface area (Å²) in [5.41, 5.74) is 12.4. The van der Waals surface area contributed by atoms with E-state index in [-0.39, 0.29) is 39.7 Å². The summed E-state index contributed by atoms with van der Waals surface area (Å²) in [5, 5.41) is 15.8. The molecule has 8 aromatic carbocycles.